The normalized spacial score (nSPS) is 13.2. The number of anilines is 2. The van der Waals surface area contributed by atoms with E-state index in [0.717, 1.165) is 0 Å². The third-order valence-electron chi connectivity index (χ3n) is 6.62. The molecule has 1 fully saturated rings. The van der Waals surface area contributed by atoms with Crippen molar-refractivity contribution in [2.45, 2.75) is 0 Å². The molecule has 0 radical (unpaired) electrons. The van der Waals surface area contributed by atoms with Crippen LogP contribution in [-0.2, 0) is 4.74 Å². The zero-order valence-corrected chi connectivity index (χ0v) is 23.0. The lowest BCUT2D eigenvalue weighted by Gasteiger charge is -2.37. The highest BCUT2D eigenvalue weighted by Gasteiger charge is 2.25. The molecular formula is C30H25Cl2N3O5. The molecule has 0 saturated carbocycles. The monoisotopic (exact) mass is 577 g/mol. The fraction of sp³-hybridized carbons (Fsp3) is 0.167. The van der Waals surface area contributed by atoms with E-state index in [1.165, 1.54) is 7.11 Å². The van der Waals surface area contributed by atoms with Crippen LogP contribution in [0.15, 0.2) is 83.3 Å². The SMILES string of the molecule is COC(=O)c1ccc(N2CCN(C(=O)c3ccccc3)CC2)c(NC(=O)c2ccc(-c3cc(Cl)ccc3Cl)o2)c1. The maximum Gasteiger partial charge on any atom is 0.337 e. The molecule has 5 rings (SSSR count). The molecule has 10 heteroatoms. The molecule has 40 heavy (non-hydrogen) atoms. The molecule has 204 valence electrons. The fourth-order valence-corrected chi connectivity index (χ4v) is 4.93. The quantitative estimate of drug-likeness (QED) is 0.272. The first-order valence-corrected chi connectivity index (χ1v) is 13.3. The standard InChI is InChI=1S/C30H25Cl2N3O5/c1-39-30(38)20-7-10-25(34-13-15-35(16-14-34)29(37)19-5-3-2-4-6-19)24(17-20)33-28(36)27-12-11-26(40-27)22-18-21(31)8-9-23(22)32/h2-12,17-18H,13-16H2,1H3,(H,33,36). The summed E-state index contributed by atoms with van der Waals surface area (Å²) < 4.78 is 10.7. The van der Waals surface area contributed by atoms with Crippen LogP contribution in [0.1, 0.15) is 31.3 Å². The van der Waals surface area contributed by atoms with Gasteiger partial charge in [0.2, 0.25) is 0 Å². The van der Waals surface area contributed by atoms with E-state index < -0.39 is 11.9 Å². The van der Waals surface area contributed by atoms with E-state index in [9.17, 15) is 14.4 Å². The summed E-state index contributed by atoms with van der Waals surface area (Å²) in [7, 11) is 1.29. The van der Waals surface area contributed by atoms with E-state index >= 15 is 0 Å². The molecule has 0 unspecified atom stereocenters. The predicted molar refractivity (Wildman–Crippen MR) is 154 cm³/mol. The van der Waals surface area contributed by atoms with Gasteiger partial charge in [-0.1, -0.05) is 41.4 Å². The zero-order chi connectivity index (χ0) is 28.2. The second-order valence-electron chi connectivity index (χ2n) is 9.11. The Morgan fingerprint density at radius 2 is 1.60 bits per heavy atom. The van der Waals surface area contributed by atoms with Crippen molar-refractivity contribution >= 4 is 52.4 Å². The molecular weight excluding hydrogens is 553 g/mol. The van der Waals surface area contributed by atoms with Crippen molar-refractivity contribution in [2.24, 2.45) is 0 Å². The number of rotatable bonds is 6. The first-order valence-electron chi connectivity index (χ1n) is 12.5. The van der Waals surface area contributed by atoms with E-state index in [1.54, 1.807) is 65.6 Å². The number of halogens is 2. The van der Waals surface area contributed by atoms with Crippen LogP contribution < -0.4 is 10.2 Å². The van der Waals surface area contributed by atoms with Crippen molar-refractivity contribution < 1.29 is 23.5 Å². The van der Waals surface area contributed by atoms with Gasteiger partial charge in [0.15, 0.2) is 5.76 Å². The van der Waals surface area contributed by atoms with Gasteiger partial charge >= 0.3 is 5.97 Å². The molecule has 0 spiro atoms. The lowest BCUT2D eigenvalue weighted by molar-refractivity contribution is 0.0600. The highest BCUT2D eigenvalue weighted by atomic mass is 35.5. The molecule has 1 aromatic heterocycles. The molecule has 2 amide bonds. The number of carbonyl (C=O) groups is 3. The number of ether oxygens (including phenoxy) is 1. The minimum absolute atomic E-state index is 0.0248. The van der Waals surface area contributed by atoms with Gasteiger partial charge in [0.25, 0.3) is 11.8 Å². The molecule has 0 aliphatic carbocycles. The van der Waals surface area contributed by atoms with Crippen LogP contribution in [0.2, 0.25) is 10.0 Å². The molecule has 1 aliphatic heterocycles. The largest absolute Gasteiger partial charge is 0.465 e. The minimum atomic E-state index is -0.531. The number of nitrogens with zero attached hydrogens (tertiary/aromatic N) is 2. The maximum atomic E-state index is 13.2. The molecule has 8 nitrogen and oxygen atoms in total. The van der Waals surface area contributed by atoms with E-state index in [1.807, 2.05) is 18.2 Å². The topological polar surface area (TPSA) is 92.1 Å². The van der Waals surface area contributed by atoms with E-state index in [0.29, 0.717) is 64.5 Å². The average Bonchev–Trinajstić information content (AvgIpc) is 3.48. The number of piperazine rings is 1. The second kappa shape index (κ2) is 11.9. The van der Waals surface area contributed by atoms with Crippen LogP contribution in [-0.4, -0.2) is 56.0 Å². The van der Waals surface area contributed by atoms with Crippen LogP contribution in [0.3, 0.4) is 0 Å². The third kappa shape index (κ3) is 5.83. The highest BCUT2D eigenvalue weighted by Crippen LogP contribution is 2.33. The first-order chi connectivity index (χ1) is 19.3. The van der Waals surface area contributed by atoms with Crippen molar-refractivity contribution in [1.29, 1.82) is 0 Å². The number of furan rings is 1. The van der Waals surface area contributed by atoms with Gasteiger partial charge in [-0.3, -0.25) is 9.59 Å². The van der Waals surface area contributed by atoms with Gasteiger partial charge in [0.1, 0.15) is 5.76 Å². The Balaban J connectivity index is 1.36. The summed E-state index contributed by atoms with van der Waals surface area (Å²) >= 11 is 12.4. The Kier molecular flexibility index (Phi) is 8.09. The number of esters is 1. The maximum absolute atomic E-state index is 13.2. The molecule has 3 aromatic carbocycles. The Labute approximate surface area is 241 Å². The summed E-state index contributed by atoms with van der Waals surface area (Å²) in [5.41, 5.74) is 2.60. The highest BCUT2D eigenvalue weighted by molar-refractivity contribution is 6.35. The summed E-state index contributed by atoms with van der Waals surface area (Å²) in [6, 6.07) is 22.3. The van der Waals surface area contributed by atoms with E-state index in [-0.39, 0.29) is 17.2 Å². The Morgan fingerprint density at radius 1 is 0.850 bits per heavy atom. The van der Waals surface area contributed by atoms with E-state index in [2.05, 4.69) is 10.2 Å². The summed E-state index contributed by atoms with van der Waals surface area (Å²) in [5, 5.41) is 3.79. The Hall–Kier alpha value is -4.27. The smallest absolute Gasteiger partial charge is 0.337 e. The lowest BCUT2D eigenvalue weighted by atomic mass is 10.1. The van der Waals surface area contributed by atoms with E-state index in [4.69, 9.17) is 32.4 Å². The fourth-order valence-electron chi connectivity index (χ4n) is 4.55. The number of hydrogen-bond acceptors (Lipinski definition) is 6. The summed E-state index contributed by atoms with van der Waals surface area (Å²) in [4.78, 5) is 42.2. The number of amides is 2. The molecule has 0 bridgehead atoms. The van der Waals surface area contributed by atoms with Gasteiger partial charge in [0.05, 0.1) is 29.1 Å². The van der Waals surface area contributed by atoms with Gasteiger partial charge in [-0.15, -0.1) is 0 Å². The minimum Gasteiger partial charge on any atom is -0.465 e. The Morgan fingerprint density at radius 3 is 2.33 bits per heavy atom. The predicted octanol–water partition coefficient (Wildman–Crippen LogP) is 6.25. The van der Waals surface area contributed by atoms with Crippen molar-refractivity contribution in [3.8, 4) is 11.3 Å². The summed E-state index contributed by atoms with van der Waals surface area (Å²) in [5.74, 6) is -0.621. The van der Waals surface area contributed by atoms with Crippen LogP contribution in [0.5, 0.6) is 0 Å². The van der Waals surface area contributed by atoms with Crippen molar-refractivity contribution in [2.75, 3.05) is 43.5 Å². The second-order valence-corrected chi connectivity index (χ2v) is 9.95. The molecule has 1 aliphatic rings. The molecule has 1 N–H and O–H groups in total. The van der Waals surface area contributed by atoms with Gasteiger partial charge in [-0.25, -0.2) is 4.79 Å². The average molecular weight is 578 g/mol. The zero-order valence-electron chi connectivity index (χ0n) is 21.5. The number of carbonyl (C=O) groups excluding carboxylic acids is 3. The van der Waals surface area contributed by atoms with Crippen molar-refractivity contribution in [3.63, 3.8) is 0 Å². The van der Waals surface area contributed by atoms with Crippen LogP contribution >= 0.6 is 23.2 Å². The number of hydrogen-bond donors (Lipinski definition) is 1. The molecule has 1 saturated heterocycles. The Bertz CT molecular complexity index is 1560. The first kappa shape index (κ1) is 27.3. The van der Waals surface area contributed by atoms with Crippen LogP contribution in [0, 0.1) is 0 Å². The van der Waals surface area contributed by atoms with Crippen LogP contribution in [0.25, 0.3) is 11.3 Å². The molecule has 2 heterocycles. The van der Waals surface area contributed by atoms with Gasteiger partial charge in [-0.05, 0) is 60.7 Å². The lowest BCUT2D eigenvalue weighted by Crippen LogP contribution is -2.49. The molecule has 0 atom stereocenters. The molecule has 4 aromatic rings. The van der Waals surface area contributed by atoms with Gasteiger partial charge < -0.3 is 24.3 Å². The summed E-state index contributed by atoms with van der Waals surface area (Å²) in [6.07, 6.45) is 0. The van der Waals surface area contributed by atoms with Crippen molar-refractivity contribution in [3.05, 3.63) is 106 Å². The number of nitrogens with one attached hydrogen (secondary N) is 1. The van der Waals surface area contributed by atoms with Gasteiger partial charge in [0, 0.05) is 42.3 Å². The summed E-state index contributed by atoms with van der Waals surface area (Å²) in [6.45, 7) is 2.08. The number of benzene rings is 3. The van der Waals surface area contributed by atoms with Crippen LogP contribution in [0.4, 0.5) is 11.4 Å². The van der Waals surface area contributed by atoms with Gasteiger partial charge in [-0.2, -0.15) is 0 Å². The van der Waals surface area contributed by atoms with Crippen molar-refractivity contribution in [1.82, 2.24) is 4.90 Å². The number of methoxy groups -OCH3 is 1. The third-order valence-corrected chi connectivity index (χ3v) is 7.18.